The van der Waals surface area contributed by atoms with E-state index in [9.17, 15) is 9.59 Å². The highest BCUT2D eigenvalue weighted by Gasteiger charge is 2.26. The number of benzene rings is 1. The second-order valence-corrected chi connectivity index (χ2v) is 5.61. The highest BCUT2D eigenvalue weighted by atomic mass is 16.5. The third-order valence-corrected chi connectivity index (χ3v) is 4.05. The zero-order chi connectivity index (χ0) is 17.0. The van der Waals surface area contributed by atoms with Crippen LogP contribution in [0, 0.1) is 13.8 Å². The molecule has 0 bridgehead atoms. The van der Waals surface area contributed by atoms with Crippen LogP contribution in [0.15, 0.2) is 12.1 Å². The van der Waals surface area contributed by atoms with Crippen molar-refractivity contribution in [2.24, 2.45) is 0 Å². The molecule has 1 aliphatic rings. The van der Waals surface area contributed by atoms with E-state index in [0.29, 0.717) is 38.3 Å². The average molecular weight is 320 g/mol. The lowest BCUT2D eigenvalue weighted by Gasteiger charge is -2.34. The van der Waals surface area contributed by atoms with E-state index in [0.717, 1.165) is 16.9 Å². The van der Waals surface area contributed by atoms with Crippen LogP contribution in [0.2, 0.25) is 0 Å². The first-order valence-corrected chi connectivity index (χ1v) is 7.84. The molecule has 0 aliphatic carbocycles. The van der Waals surface area contributed by atoms with Gasteiger partial charge in [-0.3, -0.25) is 4.79 Å². The number of methoxy groups -OCH3 is 1. The summed E-state index contributed by atoms with van der Waals surface area (Å²) in [6, 6.07) is 3.80. The molecule has 2 rings (SSSR count). The fourth-order valence-electron chi connectivity index (χ4n) is 2.72. The molecular formula is C17H24N2O4. The highest BCUT2D eigenvalue weighted by Crippen LogP contribution is 2.24. The first-order valence-electron chi connectivity index (χ1n) is 7.84. The van der Waals surface area contributed by atoms with Crippen molar-refractivity contribution < 1.29 is 19.1 Å². The van der Waals surface area contributed by atoms with Crippen molar-refractivity contribution in [3.05, 3.63) is 28.8 Å². The molecule has 0 saturated carbocycles. The maximum Gasteiger partial charge on any atom is 0.409 e. The summed E-state index contributed by atoms with van der Waals surface area (Å²) in [5, 5.41) is 0. The second-order valence-electron chi connectivity index (χ2n) is 5.61. The Hall–Kier alpha value is -2.24. The first kappa shape index (κ1) is 17.1. The van der Waals surface area contributed by atoms with Crippen LogP contribution in [0.4, 0.5) is 4.79 Å². The second kappa shape index (κ2) is 7.35. The molecule has 0 atom stereocenters. The number of carbonyl (C=O) groups is 2. The SMILES string of the molecule is CCOc1cc(C)c(C(=O)N2CCN(C(=O)OC)CC2)cc1C. The van der Waals surface area contributed by atoms with Gasteiger partial charge in [0.15, 0.2) is 0 Å². The normalized spacial score (nSPS) is 14.6. The minimum atomic E-state index is -0.342. The molecule has 1 fully saturated rings. The van der Waals surface area contributed by atoms with Gasteiger partial charge >= 0.3 is 6.09 Å². The van der Waals surface area contributed by atoms with Gasteiger partial charge in [0, 0.05) is 31.7 Å². The van der Waals surface area contributed by atoms with Gasteiger partial charge in [0.05, 0.1) is 13.7 Å². The van der Waals surface area contributed by atoms with Crippen LogP contribution < -0.4 is 4.74 Å². The van der Waals surface area contributed by atoms with E-state index in [1.165, 1.54) is 7.11 Å². The largest absolute Gasteiger partial charge is 0.494 e. The number of hydrogen-bond acceptors (Lipinski definition) is 4. The predicted molar refractivity (Wildman–Crippen MR) is 87.0 cm³/mol. The summed E-state index contributed by atoms with van der Waals surface area (Å²) in [6.07, 6.45) is -0.342. The maximum atomic E-state index is 12.7. The van der Waals surface area contributed by atoms with Crippen molar-refractivity contribution in [1.29, 1.82) is 0 Å². The van der Waals surface area contributed by atoms with Crippen LogP contribution >= 0.6 is 0 Å². The third kappa shape index (κ3) is 3.75. The van der Waals surface area contributed by atoms with Crippen LogP contribution in [0.1, 0.15) is 28.4 Å². The van der Waals surface area contributed by atoms with E-state index in [-0.39, 0.29) is 12.0 Å². The molecule has 23 heavy (non-hydrogen) atoms. The Balaban J connectivity index is 2.10. The van der Waals surface area contributed by atoms with E-state index in [1.807, 2.05) is 32.9 Å². The molecule has 0 spiro atoms. The fraction of sp³-hybridized carbons (Fsp3) is 0.529. The number of piperazine rings is 1. The number of rotatable bonds is 3. The monoisotopic (exact) mass is 320 g/mol. The lowest BCUT2D eigenvalue weighted by atomic mass is 10.0. The minimum Gasteiger partial charge on any atom is -0.494 e. The van der Waals surface area contributed by atoms with Gasteiger partial charge in [0.25, 0.3) is 5.91 Å². The maximum absolute atomic E-state index is 12.7. The number of hydrogen-bond donors (Lipinski definition) is 0. The van der Waals surface area contributed by atoms with E-state index in [1.54, 1.807) is 9.80 Å². The molecule has 0 unspecified atom stereocenters. The number of aryl methyl sites for hydroxylation is 2. The Bertz CT molecular complexity index is 593. The van der Waals surface area contributed by atoms with Crippen molar-refractivity contribution in [3.8, 4) is 5.75 Å². The summed E-state index contributed by atoms with van der Waals surface area (Å²) in [7, 11) is 1.37. The summed E-state index contributed by atoms with van der Waals surface area (Å²) >= 11 is 0. The van der Waals surface area contributed by atoms with E-state index in [4.69, 9.17) is 9.47 Å². The Kier molecular flexibility index (Phi) is 5.47. The zero-order valence-corrected chi connectivity index (χ0v) is 14.2. The Morgan fingerprint density at radius 1 is 1.04 bits per heavy atom. The summed E-state index contributed by atoms with van der Waals surface area (Å²) in [5.41, 5.74) is 2.55. The van der Waals surface area contributed by atoms with Gasteiger partial charge in [-0.05, 0) is 44.0 Å². The van der Waals surface area contributed by atoms with Crippen molar-refractivity contribution in [3.63, 3.8) is 0 Å². The summed E-state index contributed by atoms with van der Waals surface area (Å²) in [6.45, 7) is 8.41. The van der Waals surface area contributed by atoms with Gasteiger partial charge in [-0.15, -0.1) is 0 Å². The van der Waals surface area contributed by atoms with E-state index < -0.39 is 0 Å². The predicted octanol–water partition coefficient (Wildman–Crippen LogP) is 2.23. The molecule has 0 radical (unpaired) electrons. The van der Waals surface area contributed by atoms with Gasteiger partial charge in [-0.1, -0.05) is 0 Å². The first-order chi connectivity index (χ1) is 11.0. The Labute approximate surface area is 137 Å². The minimum absolute atomic E-state index is 0.00170. The summed E-state index contributed by atoms with van der Waals surface area (Å²) in [4.78, 5) is 27.6. The summed E-state index contributed by atoms with van der Waals surface area (Å²) in [5.74, 6) is 0.815. The van der Waals surface area contributed by atoms with Crippen molar-refractivity contribution in [2.45, 2.75) is 20.8 Å². The van der Waals surface area contributed by atoms with Crippen molar-refractivity contribution in [1.82, 2.24) is 9.80 Å². The van der Waals surface area contributed by atoms with Crippen molar-refractivity contribution >= 4 is 12.0 Å². The van der Waals surface area contributed by atoms with Crippen LogP contribution in [-0.4, -0.2) is 61.7 Å². The molecule has 2 amide bonds. The molecule has 1 aliphatic heterocycles. The van der Waals surface area contributed by atoms with Crippen LogP contribution in [0.25, 0.3) is 0 Å². The van der Waals surface area contributed by atoms with Gasteiger partial charge in [-0.2, -0.15) is 0 Å². The van der Waals surface area contributed by atoms with Gasteiger partial charge in [0.1, 0.15) is 5.75 Å². The quantitative estimate of drug-likeness (QED) is 0.857. The smallest absolute Gasteiger partial charge is 0.409 e. The highest BCUT2D eigenvalue weighted by molar-refractivity contribution is 5.96. The van der Waals surface area contributed by atoms with Crippen LogP contribution in [-0.2, 0) is 4.74 Å². The topological polar surface area (TPSA) is 59.1 Å². The van der Waals surface area contributed by atoms with Gasteiger partial charge in [-0.25, -0.2) is 4.79 Å². The van der Waals surface area contributed by atoms with Crippen LogP contribution in [0.5, 0.6) is 5.75 Å². The molecular weight excluding hydrogens is 296 g/mol. The lowest BCUT2D eigenvalue weighted by molar-refractivity contribution is 0.0599. The van der Waals surface area contributed by atoms with Crippen LogP contribution in [0.3, 0.4) is 0 Å². The average Bonchev–Trinajstić information content (AvgIpc) is 2.57. The number of ether oxygens (including phenoxy) is 2. The van der Waals surface area contributed by atoms with E-state index in [2.05, 4.69) is 0 Å². The molecule has 1 saturated heterocycles. The number of carbonyl (C=O) groups excluding carboxylic acids is 2. The van der Waals surface area contributed by atoms with E-state index >= 15 is 0 Å². The third-order valence-electron chi connectivity index (χ3n) is 4.05. The molecule has 6 nitrogen and oxygen atoms in total. The Morgan fingerprint density at radius 3 is 2.22 bits per heavy atom. The standard InChI is InChI=1S/C17H24N2O4/c1-5-23-15-11-12(2)14(10-13(15)3)16(20)18-6-8-19(9-7-18)17(21)22-4/h10-11H,5-9H2,1-4H3. The number of amides is 2. The Morgan fingerprint density at radius 2 is 1.65 bits per heavy atom. The molecule has 6 heteroatoms. The fourth-order valence-corrected chi connectivity index (χ4v) is 2.72. The van der Waals surface area contributed by atoms with Gasteiger partial charge < -0.3 is 19.3 Å². The zero-order valence-electron chi connectivity index (χ0n) is 14.2. The molecule has 0 N–H and O–H groups in total. The summed E-state index contributed by atoms with van der Waals surface area (Å²) < 4.78 is 10.3. The molecule has 1 aromatic rings. The number of nitrogens with zero attached hydrogens (tertiary/aromatic N) is 2. The molecule has 126 valence electrons. The molecule has 1 aromatic carbocycles. The molecule has 0 aromatic heterocycles. The van der Waals surface area contributed by atoms with Crippen molar-refractivity contribution in [2.75, 3.05) is 39.9 Å². The lowest BCUT2D eigenvalue weighted by Crippen LogP contribution is -2.50. The molecule has 1 heterocycles. The van der Waals surface area contributed by atoms with Gasteiger partial charge in [0.2, 0.25) is 0 Å².